The smallest absolute Gasteiger partial charge is 0.187 e. The van der Waals surface area contributed by atoms with E-state index < -0.39 is 0 Å². The summed E-state index contributed by atoms with van der Waals surface area (Å²) in [5, 5.41) is 3.21. The number of rotatable bonds is 5. The summed E-state index contributed by atoms with van der Waals surface area (Å²) in [4.78, 5) is 12.1. The second kappa shape index (κ2) is 6.75. The molecule has 21 heavy (non-hydrogen) atoms. The third kappa shape index (κ3) is 4.21. The molecule has 0 atom stereocenters. The number of benzene rings is 2. The maximum Gasteiger partial charge on any atom is 0.187 e. The molecule has 3 heteroatoms. The van der Waals surface area contributed by atoms with Crippen LogP contribution in [0, 0.1) is 6.92 Å². The third-order valence-electron chi connectivity index (χ3n) is 3.12. The summed E-state index contributed by atoms with van der Waals surface area (Å²) >= 11 is 0. The number of hydrogen-bond acceptors (Lipinski definition) is 3. The minimum absolute atomic E-state index is 0.0326. The zero-order valence-corrected chi connectivity index (χ0v) is 12.5. The van der Waals surface area contributed by atoms with E-state index in [0.29, 0.717) is 5.56 Å². The van der Waals surface area contributed by atoms with Gasteiger partial charge in [0.05, 0.1) is 7.11 Å². The first-order valence-corrected chi connectivity index (χ1v) is 6.79. The molecule has 0 fully saturated rings. The minimum Gasteiger partial charge on any atom is -0.497 e. The average Bonchev–Trinajstić information content (AvgIpc) is 2.49. The maximum absolute atomic E-state index is 12.1. The lowest BCUT2D eigenvalue weighted by Crippen LogP contribution is -2.01. The zero-order valence-electron chi connectivity index (χ0n) is 12.5. The second-order valence-corrected chi connectivity index (χ2v) is 4.91. The van der Waals surface area contributed by atoms with Crippen LogP contribution in [-0.2, 0) is 0 Å². The first kappa shape index (κ1) is 14.9. The van der Waals surface area contributed by atoms with Gasteiger partial charge >= 0.3 is 0 Å². The number of nitrogens with one attached hydrogen (secondary N) is 1. The van der Waals surface area contributed by atoms with Crippen molar-refractivity contribution in [3.63, 3.8) is 0 Å². The number of anilines is 1. The normalized spacial score (nSPS) is 11.1. The largest absolute Gasteiger partial charge is 0.497 e. The number of hydrogen-bond donors (Lipinski definition) is 1. The highest BCUT2D eigenvalue weighted by molar-refractivity contribution is 6.05. The molecule has 1 N–H and O–H groups in total. The van der Waals surface area contributed by atoms with Gasteiger partial charge in [0.1, 0.15) is 5.75 Å². The summed E-state index contributed by atoms with van der Waals surface area (Å²) in [6.07, 6.45) is 1.60. The van der Waals surface area contributed by atoms with Gasteiger partial charge in [-0.3, -0.25) is 4.79 Å². The van der Waals surface area contributed by atoms with E-state index in [1.807, 2.05) is 38.1 Å². The van der Waals surface area contributed by atoms with Crippen LogP contribution >= 0.6 is 0 Å². The second-order valence-electron chi connectivity index (χ2n) is 4.91. The predicted molar refractivity (Wildman–Crippen MR) is 85.9 cm³/mol. The Bertz CT molecular complexity index is 640. The number of ether oxygens (including phenoxy) is 1. The topological polar surface area (TPSA) is 38.3 Å². The van der Waals surface area contributed by atoms with Gasteiger partial charge in [-0.1, -0.05) is 17.7 Å². The Morgan fingerprint density at radius 1 is 1.05 bits per heavy atom. The molecule has 0 bridgehead atoms. The number of ketones is 1. The van der Waals surface area contributed by atoms with E-state index in [0.717, 1.165) is 17.1 Å². The predicted octanol–water partition coefficient (Wildman–Crippen LogP) is 4.20. The summed E-state index contributed by atoms with van der Waals surface area (Å²) in [5.74, 6) is 0.708. The number of aryl methyl sites for hydroxylation is 1. The van der Waals surface area contributed by atoms with Gasteiger partial charge in [0, 0.05) is 23.0 Å². The van der Waals surface area contributed by atoms with Gasteiger partial charge in [-0.25, -0.2) is 0 Å². The van der Waals surface area contributed by atoms with Gasteiger partial charge in [-0.15, -0.1) is 0 Å². The summed E-state index contributed by atoms with van der Waals surface area (Å²) in [6, 6.07) is 15.1. The van der Waals surface area contributed by atoms with Gasteiger partial charge < -0.3 is 10.1 Å². The van der Waals surface area contributed by atoms with E-state index in [9.17, 15) is 4.79 Å². The van der Waals surface area contributed by atoms with Gasteiger partial charge in [-0.2, -0.15) is 0 Å². The number of methoxy groups -OCH3 is 1. The van der Waals surface area contributed by atoms with Crippen molar-refractivity contribution in [2.75, 3.05) is 12.4 Å². The van der Waals surface area contributed by atoms with E-state index in [2.05, 4.69) is 5.32 Å². The number of carbonyl (C=O) groups excluding carboxylic acids is 1. The fourth-order valence-electron chi connectivity index (χ4n) is 1.94. The van der Waals surface area contributed by atoms with Gasteiger partial charge in [0.25, 0.3) is 0 Å². The van der Waals surface area contributed by atoms with E-state index in [1.54, 1.807) is 37.5 Å². The Morgan fingerprint density at radius 3 is 2.24 bits per heavy atom. The summed E-state index contributed by atoms with van der Waals surface area (Å²) in [6.45, 7) is 3.92. The van der Waals surface area contributed by atoms with Crippen molar-refractivity contribution in [1.29, 1.82) is 0 Å². The van der Waals surface area contributed by atoms with Gasteiger partial charge in [-0.05, 0) is 50.2 Å². The monoisotopic (exact) mass is 281 g/mol. The third-order valence-corrected chi connectivity index (χ3v) is 3.12. The Morgan fingerprint density at radius 2 is 1.67 bits per heavy atom. The molecular weight excluding hydrogens is 262 g/mol. The minimum atomic E-state index is -0.0326. The summed E-state index contributed by atoms with van der Waals surface area (Å²) in [5.41, 5.74) is 3.62. The molecule has 0 aliphatic carbocycles. The van der Waals surface area contributed by atoms with Crippen LogP contribution < -0.4 is 10.1 Å². The van der Waals surface area contributed by atoms with Crippen molar-refractivity contribution in [3.05, 3.63) is 71.4 Å². The zero-order chi connectivity index (χ0) is 15.2. The van der Waals surface area contributed by atoms with Crippen LogP contribution in [0.2, 0.25) is 0 Å². The summed E-state index contributed by atoms with van der Waals surface area (Å²) < 4.78 is 5.08. The summed E-state index contributed by atoms with van der Waals surface area (Å²) in [7, 11) is 1.60. The molecular formula is C18H19NO2. The van der Waals surface area contributed by atoms with Crippen molar-refractivity contribution in [2.45, 2.75) is 13.8 Å². The first-order valence-electron chi connectivity index (χ1n) is 6.79. The molecule has 2 aromatic rings. The molecule has 3 nitrogen and oxygen atoms in total. The molecule has 0 aliphatic rings. The molecule has 0 aliphatic heterocycles. The van der Waals surface area contributed by atoms with E-state index in [1.165, 1.54) is 5.56 Å². The molecule has 0 spiro atoms. The van der Waals surface area contributed by atoms with Crippen LogP contribution in [0.5, 0.6) is 5.75 Å². The Kier molecular flexibility index (Phi) is 4.77. The van der Waals surface area contributed by atoms with Crippen LogP contribution in [0.1, 0.15) is 22.8 Å². The lowest BCUT2D eigenvalue weighted by Gasteiger charge is -2.07. The molecule has 2 rings (SSSR count). The highest BCUT2D eigenvalue weighted by Crippen LogP contribution is 2.14. The van der Waals surface area contributed by atoms with E-state index in [-0.39, 0.29) is 5.78 Å². The molecule has 0 unspecified atom stereocenters. The van der Waals surface area contributed by atoms with Crippen LogP contribution in [0.15, 0.2) is 60.3 Å². The standard InChI is InChI=1S/C18H19NO2/c1-13-4-8-16(9-5-13)19-14(2)12-18(20)15-6-10-17(21-3)11-7-15/h4-12,19H,1-3H3. The van der Waals surface area contributed by atoms with Crippen molar-refractivity contribution >= 4 is 11.5 Å². The maximum atomic E-state index is 12.1. The fourth-order valence-corrected chi connectivity index (χ4v) is 1.94. The van der Waals surface area contributed by atoms with Crippen molar-refractivity contribution in [3.8, 4) is 5.75 Å². The highest BCUT2D eigenvalue weighted by Gasteiger charge is 2.03. The van der Waals surface area contributed by atoms with Crippen LogP contribution in [0.3, 0.4) is 0 Å². The Balaban J connectivity index is 2.06. The number of allylic oxidation sites excluding steroid dienone is 2. The fraction of sp³-hybridized carbons (Fsp3) is 0.167. The van der Waals surface area contributed by atoms with Gasteiger partial charge in [0.2, 0.25) is 0 Å². The molecule has 0 saturated heterocycles. The average molecular weight is 281 g/mol. The van der Waals surface area contributed by atoms with E-state index in [4.69, 9.17) is 4.74 Å². The molecule has 0 aromatic heterocycles. The van der Waals surface area contributed by atoms with Gasteiger partial charge in [0.15, 0.2) is 5.78 Å². The Labute approximate surface area is 125 Å². The SMILES string of the molecule is COc1ccc(C(=O)C=C(C)Nc2ccc(C)cc2)cc1. The van der Waals surface area contributed by atoms with Crippen LogP contribution in [0.25, 0.3) is 0 Å². The lowest BCUT2D eigenvalue weighted by atomic mass is 10.1. The molecule has 0 saturated carbocycles. The van der Waals surface area contributed by atoms with Crippen molar-refractivity contribution in [2.24, 2.45) is 0 Å². The molecule has 0 amide bonds. The lowest BCUT2D eigenvalue weighted by molar-refractivity contribution is 0.104. The molecule has 2 aromatic carbocycles. The van der Waals surface area contributed by atoms with E-state index >= 15 is 0 Å². The molecule has 0 heterocycles. The number of carbonyl (C=O) groups is 1. The molecule has 108 valence electrons. The van der Waals surface area contributed by atoms with Crippen LogP contribution in [0.4, 0.5) is 5.69 Å². The highest BCUT2D eigenvalue weighted by atomic mass is 16.5. The first-order chi connectivity index (χ1) is 10.1. The van der Waals surface area contributed by atoms with Crippen molar-refractivity contribution < 1.29 is 9.53 Å². The molecule has 0 radical (unpaired) electrons. The van der Waals surface area contributed by atoms with Crippen LogP contribution in [-0.4, -0.2) is 12.9 Å². The Hall–Kier alpha value is -2.55. The van der Waals surface area contributed by atoms with Crippen molar-refractivity contribution in [1.82, 2.24) is 0 Å². The quantitative estimate of drug-likeness (QED) is 0.659.